The van der Waals surface area contributed by atoms with Crippen molar-refractivity contribution in [2.75, 3.05) is 14.1 Å². The Hall–Kier alpha value is -0.120. The summed E-state index contributed by atoms with van der Waals surface area (Å²) < 4.78 is 0. The van der Waals surface area contributed by atoms with Crippen molar-refractivity contribution in [1.29, 1.82) is 0 Å². The zero-order chi connectivity index (χ0) is 3.58. The van der Waals surface area contributed by atoms with Gasteiger partial charge in [0, 0.05) is 0 Å². The van der Waals surface area contributed by atoms with Crippen molar-refractivity contribution in [3.8, 4) is 0 Å². The smallest absolute Gasteiger partial charge is 0.0660 e. The predicted octanol–water partition coefficient (Wildman–Crippen LogP) is -2.20. The van der Waals surface area contributed by atoms with Crippen LogP contribution < -0.4 is 5.06 Å². The van der Waals surface area contributed by atoms with Gasteiger partial charge in [0.2, 0.25) is 0 Å². The van der Waals surface area contributed by atoms with E-state index in [0.717, 1.165) is 0 Å². The molecule has 0 aromatic heterocycles. The van der Waals surface area contributed by atoms with Crippen LogP contribution in [0.15, 0.2) is 0 Å². The summed E-state index contributed by atoms with van der Waals surface area (Å²) in [5.74, 6) is 0. The maximum absolute atomic E-state index is 9.44. The lowest BCUT2D eigenvalue weighted by Gasteiger charge is -2.04. The maximum Gasteiger partial charge on any atom is 0.0660 e. The van der Waals surface area contributed by atoms with Crippen LogP contribution in [0, 0.1) is 5.21 Å². The van der Waals surface area contributed by atoms with E-state index in [0.29, 0.717) is 0 Å². The van der Waals surface area contributed by atoms with Crippen LogP contribution in [-0.2, 0) is 0 Å². The maximum atomic E-state index is 9.44. The molecule has 34 valence electrons. The van der Waals surface area contributed by atoms with Gasteiger partial charge in [-0.3, -0.25) is 0 Å². The van der Waals surface area contributed by atoms with E-state index in [2.05, 4.69) is 0 Å². The van der Waals surface area contributed by atoms with Crippen LogP contribution in [0.1, 0.15) is 0 Å². The Bertz CT molecular complexity index is 12.4. The minimum absolute atomic E-state index is 0. The molecule has 0 fully saturated rings. The molecule has 0 radical (unpaired) electrons. The molecule has 5 heavy (non-hydrogen) atoms. The summed E-state index contributed by atoms with van der Waals surface area (Å²) in [7, 11) is 3.06. The third-order valence-electron chi connectivity index (χ3n) is 0. The number of hydroxylamine groups is 2. The van der Waals surface area contributed by atoms with Gasteiger partial charge in [0.1, 0.15) is 0 Å². The Labute approximate surface area is 31.1 Å². The highest BCUT2D eigenvalue weighted by molar-refractivity contribution is 3.86. The van der Waals surface area contributed by atoms with Gasteiger partial charge in [-0.1, -0.05) is 0 Å². The van der Waals surface area contributed by atoms with Gasteiger partial charge < -0.3 is 15.7 Å². The molecule has 0 saturated heterocycles. The van der Waals surface area contributed by atoms with Gasteiger partial charge in [0.05, 0.1) is 14.1 Å². The molecule has 0 aliphatic heterocycles. The first-order chi connectivity index (χ1) is 1.73. The molecule has 0 spiro atoms. The molecule has 0 bridgehead atoms. The quantitative estimate of drug-likeness (QED) is 0.329. The van der Waals surface area contributed by atoms with E-state index < -0.39 is 0 Å². The molecule has 3 heteroatoms. The van der Waals surface area contributed by atoms with Gasteiger partial charge in [-0.15, -0.1) is 0 Å². The predicted molar refractivity (Wildman–Crippen MR) is 19.8 cm³/mol. The van der Waals surface area contributed by atoms with Gasteiger partial charge in [-0.05, 0) is 0 Å². The SMILES string of the molecule is C[NH+](C)[O-].O. The Morgan fingerprint density at radius 2 is 1.40 bits per heavy atom. The van der Waals surface area contributed by atoms with Crippen molar-refractivity contribution >= 4 is 0 Å². The summed E-state index contributed by atoms with van der Waals surface area (Å²) in [5.41, 5.74) is 0. The summed E-state index contributed by atoms with van der Waals surface area (Å²) in [4.78, 5) is 0. The molecular weight excluding hydrogens is 70.0 g/mol. The second-order valence-corrected chi connectivity index (χ2v) is 0.908. The Morgan fingerprint density at radius 3 is 1.40 bits per heavy atom. The van der Waals surface area contributed by atoms with Crippen LogP contribution in [0.5, 0.6) is 0 Å². The third kappa shape index (κ3) is 952. The second kappa shape index (κ2) is 3.88. The highest BCUT2D eigenvalue weighted by atomic mass is 16.5. The lowest BCUT2D eigenvalue weighted by molar-refractivity contribution is -0.802. The Kier molecular flexibility index (Phi) is 6.87. The number of hydrogen-bond acceptors (Lipinski definition) is 1. The standard InChI is InChI=1S/C2H7NO.H2O/c1-3(2)4;/h3H,1-2H3;1H2. The van der Waals surface area contributed by atoms with Gasteiger partial charge in [0.15, 0.2) is 0 Å². The van der Waals surface area contributed by atoms with Gasteiger partial charge in [-0.2, -0.15) is 0 Å². The first-order valence-corrected chi connectivity index (χ1v) is 1.20. The summed E-state index contributed by atoms with van der Waals surface area (Å²) in [5, 5.41) is 9.61. The Balaban J connectivity index is 0. The molecular formula is C2H9NO2. The molecule has 0 rings (SSSR count). The van der Waals surface area contributed by atoms with Crippen molar-refractivity contribution in [3.63, 3.8) is 0 Å². The van der Waals surface area contributed by atoms with Crippen LogP contribution in [-0.4, -0.2) is 19.6 Å². The fourth-order valence-corrected chi connectivity index (χ4v) is 0. The van der Waals surface area contributed by atoms with Crippen molar-refractivity contribution < 1.29 is 10.5 Å². The van der Waals surface area contributed by atoms with Crippen molar-refractivity contribution in [2.24, 2.45) is 0 Å². The van der Waals surface area contributed by atoms with Crippen LogP contribution in [0.3, 0.4) is 0 Å². The van der Waals surface area contributed by atoms with Crippen LogP contribution in [0.2, 0.25) is 0 Å². The van der Waals surface area contributed by atoms with Gasteiger partial charge in [0.25, 0.3) is 0 Å². The zero-order valence-corrected chi connectivity index (χ0v) is 3.41. The average molecular weight is 79.1 g/mol. The normalized spacial score (nSPS) is 7.20. The lowest BCUT2D eigenvalue weighted by Crippen LogP contribution is -3.00. The molecule has 0 unspecified atom stereocenters. The molecule has 3 N–H and O–H groups in total. The molecule has 0 amide bonds. The topological polar surface area (TPSA) is 59.0 Å². The van der Waals surface area contributed by atoms with Crippen LogP contribution in [0.25, 0.3) is 0 Å². The van der Waals surface area contributed by atoms with Crippen molar-refractivity contribution in [3.05, 3.63) is 5.21 Å². The molecule has 0 aromatic carbocycles. The first-order valence-electron chi connectivity index (χ1n) is 1.20. The minimum atomic E-state index is 0. The van der Waals surface area contributed by atoms with Crippen LogP contribution >= 0.6 is 0 Å². The van der Waals surface area contributed by atoms with E-state index in [-0.39, 0.29) is 10.5 Å². The van der Waals surface area contributed by atoms with E-state index in [9.17, 15) is 5.21 Å². The molecule has 0 atom stereocenters. The van der Waals surface area contributed by atoms with E-state index in [1.54, 1.807) is 0 Å². The fourth-order valence-electron chi connectivity index (χ4n) is 0. The molecule has 0 aromatic rings. The number of quaternary nitrogens is 1. The average Bonchev–Trinajstić information content (AvgIpc) is 0.811. The Morgan fingerprint density at radius 1 is 1.40 bits per heavy atom. The number of nitrogens with one attached hydrogen (secondary N) is 1. The first kappa shape index (κ1) is 8.86. The molecule has 0 aliphatic carbocycles. The second-order valence-electron chi connectivity index (χ2n) is 0.908. The largest absolute Gasteiger partial charge is 0.635 e. The molecule has 0 saturated carbocycles. The monoisotopic (exact) mass is 79.1 g/mol. The third-order valence-corrected chi connectivity index (χ3v) is 0. The summed E-state index contributed by atoms with van der Waals surface area (Å²) in [6.45, 7) is 0. The fraction of sp³-hybridized carbons (Fsp3) is 1.00. The molecule has 3 nitrogen and oxygen atoms in total. The molecule has 0 heterocycles. The molecule has 0 aliphatic rings. The van der Waals surface area contributed by atoms with E-state index >= 15 is 0 Å². The van der Waals surface area contributed by atoms with Crippen molar-refractivity contribution in [1.82, 2.24) is 0 Å². The number of rotatable bonds is 0. The summed E-state index contributed by atoms with van der Waals surface area (Å²) >= 11 is 0. The van der Waals surface area contributed by atoms with Gasteiger partial charge in [-0.25, -0.2) is 0 Å². The van der Waals surface area contributed by atoms with E-state index in [1.807, 2.05) is 0 Å². The minimum Gasteiger partial charge on any atom is -0.635 e. The van der Waals surface area contributed by atoms with E-state index in [4.69, 9.17) is 0 Å². The van der Waals surface area contributed by atoms with Gasteiger partial charge >= 0.3 is 0 Å². The zero-order valence-electron chi connectivity index (χ0n) is 3.41. The lowest BCUT2D eigenvalue weighted by atomic mass is 11.2. The summed E-state index contributed by atoms with van der Waals surface area (Å²) in [6, 6.07) is 0. The number of hydrogen-bond donors (Lipinski definition) is 1. The van der Waals surface area contributed by atoms with Crippen LogP contribution in [0.4, 0.5) is 0 Å². The summed E-state index contributed by atoms with van der Waals surface area (Å²) in [6.07, 6.45) is 0. The van der Waals surface area contributed by atoms with Crippen molar-refractivity contribution in [2.45, 2.75) is 0 Å². The van der Waals surface area contributed by atoms with E-state index in [1.165, 1.54) is 14.1 Å². The highest BCUT2D eigenvalue weighted by Gasteiger charge is 1.49. The highest BCUT2D eigenvalue weighted by Crippen LogP contribution is 0.931.